The predicted octanol–water partition coefficient (Wildman–Crippen LogP) is 3.95. The van der Waals surface area contributed by atoms with Crippen LogP contribution in [0.1, 0.15) is 39.7 Å². The Bertz CT molecular complexity index is 1130. The molecule has 2 rings (SSSR count). The molecule has 0 saturated carbocycles. The highest BCUT2D eigenvalue weighted by Gasteiger charge is 2.33. The predicted molar refractivity (Wildman–Crippen MR) is 142 cm³/mol. The quantitative estimate of drug-likeness (QED) is 0.469. The van der Waals surface area contributed by atoms with Gasteiger partial charge in [0.15, 0.2) is 0 Å². The van der Waals surface area contributed by atoms with Crippen molar-refractivity contribution < 1.29 is 22.7 Å². The summed E-state index contributed by atoms with van der Waals surface area (Å²) in [5.74, 6) is -0.118. The van der Waals surface area contributed by atoms with E-state index in [4.69, 9.17) is 4.74 Å². The first kappa shape index (κ1) is 28.6. The summed E-state index contributed by atoms with van der Waals surface area (Å²) in [6.07, 6.45) is 1.41. The third-order valence-corrected chi connectivity index (χ3v) is 6.99. The maximum Gasteiger partial charge on any atom is 0.244 e. The number of amides is 2. The van der Waals surface area contributed by atoms with Gasteiger partial charge in [0.25, 0.3) is 0 Å². The van der Waals surface area contributed by atoms with E-state index in [1.54, 1.807) is 43.5 Å². The second-order valence-corrected chi connectivity index (χ2v) is 12.0. The van der Waals surface area contributed by atoms with Gasteiger partial charge in [-0.15, -0.1) is 0 Å². The minimum Gasteiger partial charge on any atom is -0.497 e. The number of anilines is 1. The number of hydrogen-bond acceptors (Lipinski definition) is 5. The van der Waals surface area contributed by atoms with Gasteiger partial charge in [-0.25, -0.2) is 8.42 Å². The van der Waals surface area contributed by atoms with Crippen molar-refractivity contribution >= 4 is 43.5 Å². The molecular formula is C25H34BrN3O5S. The zero-order chi connectivity index (χ0) is 26.4. The molecule has 35 heavy (non-hydrogen) atoms. The van der Waals surface area contributed by atoms with Crippen molar-refractivity contribution in [3.63, 3.8) is 0 Å². The van der Waals surface area contributed by atoms with E-state index < -0.39 is 34.1 Å². The maximum absolute atomic E-state index is 13.7. The molecule has 1 N–H and O–H groups in total. The van der Waals surface area contributed by atoms with E-state index >= 15 is 0 Å². The Labute approximate surface area is 216 Å². The third-order valence-electron chi connectivity index (χ3n) is 5.20. The number of carbonyl (C=O) groups excluding carboxylic acids is 2. The number of nitrogens with one attached hydrogen (secondary N) is 1. The molecule has 2 aromatic rings. The lowest BCUT2D eigenvalue weighted by atomic mass is 10.1. The van der Waals surface area contributed by atoms with Crippen molar-refractivity contribution in [2.45, 2.75) is 52.2 Å². The lowest BCUT2D eigenvalue weighted by molar-refractivity contribution is -0.141. The summed E-state index contributed by atoms with van der Waals surface area (Å²) in [6.45, 7) is 7.11. The number of carbonyl (C=O) groups is 2. The van der Waals surface area contributed by atoms with E-state index in [1.807, 2.05) is 39.8 Å². The zero-order valence-corrected chi connectivity index (χ0v) is 23.4. The molecule has 0 spiro atoms. The highest BCUT2D eigenvalue weighted by Crippen LogP contribution is 2.28. The number of hydrogen-bond donors (Lipinski definition) is 1. The summed E-state index contributed by atoms with van der Waals surface area (Å²) in [5, 5.41) is 2.94. The molecule has 2 amide bonds. The molecule has 0 aromatic heterocycles. The van der Waals surface area contributed by atoms with Crippen molar-refractivity contribution in [2.24, 2.45) is 0 Å². The molecule has 0 saturated heterocycles. The van der Waals surface area contributed by atoms with Gasteiger partial charge in [0, 0.05) is 16.6 Å². The molecule has 0 fully saturated rings. The monoisotopic (exact) mass is 567 g/mol. The summed E-state index contributed by atoms with van der Waals surface area (Å²) in [4.78, 5) is 28.3. The van der Waals surface area contributed by atoms with Gasteiger partial charge in [-0.2, -0.15) is 0 Å². The van der Waals surface area contributed by atoms with E-state index in [-0.39, 0.29) is 12.5 Å². The van der Waals surface area contributed by atoms with Crippen LogP contribution in [0.4, 0.5) is 5.69 Å². The molecule has 0 aliphatic heterocycles. The smallest absolute Gasteiger partial charge is 0.244 e. The normalized spacial score (nSPS) is 12.5. The molecule has 0 aliphatic rings. The van der Waals surface area contributed by atoms with E-state index in [2.05, 4.69) is 21.2 Å². The van der Waals surface area contributed by atoms with Crippen LogP contribution < -0.4 is 14.4 Å². The zero-order valence-electron chi connectivity index (χ0n) is 21.0. The van der Waals surface area contributed by atoms with Gasteiger partial charge < -0.3 is 15.0 Å². The van der Waals surface area contributed by atoms with Crippen LogP contribution in [0.5, 0.6) is 5.75 Å². The number of para-hydroxylation sites is 1. The largest absolute Gasteiger partial charge is 0.497 e. The lowest BCUT2D eigenvalue weighted by Crippen LogP contribution is -2.55. The second-order valence-electron chi connectivity index (χ2n) is 9.25. The molecule has 0 radical (unpaired) electrons. The number of nitrogens with zero attached hydrogens (tertiary/aromatic N) is 2. The average molecular weight is 569 g/mol. The highest BCUT2D eigenvalue weighted by atomic mass is 79.9. The van der Waals surface area contributed by atoms with Gasteiger partial charge in [0.05, 0.1) is 19.1 Å². The van der Waals surface area contributed by atoms with Crippen LogP contribution in [0, 0.1) is 0 Å². The molecule has 10 heteroatoms. The number of rotatable bonds is 10. The van der Waals surface area contributed by atoms with Crippen molar-refractivity contribution in [1.29, 1.82) is 0 Å². The Morgan fingerprint density at radius 3 is 2.17 bits per heavy atom. The molecule has 0 bridgehead atoms. The third kappa shape index (κ3) is 8.24. The van der Waals surface area contributed by atoms with Crippen molar-refractivity contribution in [3.05, 3.63) is 58.6 Å². The minimum atomic E-state index is -3.79. The molecule has 1 atom stereocenters. The first-order valence-electron chi connectivity index (χ1n) is 11.2. The van der Waals surface area contributed by atoms with Crippen LogP contribution in [0.3, 0.4) is 0 Å². The molecule has 0 unspecified atom stereocenters. The number of benzene rings is 2. The minimum absolute atomic E-state index is 0.131. The topological polar surface area (TPSA) is 96.0 Å². The Kier molecular flexibility index (Phi) is 9.74. The van der Waals surface area contributed by atoms with Crippen molar-refractivity contribution in [2.75, 3.05) is 24.2 Å². The SMILES string of the molecule is CC[C@H](C(=O)NC(C)(C)C)N(Cc1ccc(OC)cc1)C(=O)CN(c1ccccc1Br)S(C)(=O)=O. The van der Waals surface area contributed by atoms with Crippen LogP contribution in [-0.4, -0.2) is 56.6 Å². The highest BCUT2D eigenvalue weighted by molar-refractivity contribution is 9.10. The van der Waals surface area contributed by atoms with Crippen LogP contribution in [0.15, 0.2) is 53.0 Å². The van der Waals surface area contributed by atoms with Crippen molar-refractivity contribution in [3.8, 4) is 5.75 Å². The van der Waals surface area contributed by atoms with Gasteiger partial charge in [0.2, 0.25) is 21.8 Å². The summed E-state index contributed by atoms with van der Waals surface area (Å²) >= 11 is 3.38. The molecular weight excluding hydrogens is 534 g/mol. The Morgan fingerprint density at radius 2 is 1.69 bits per heavy atom. The average Bonchev–Trinajstić information content (AvgIpc) is 2.76. The molecule has 0 heterocycles. The number of halogens is 1. The summed E-state index contributed by atoms with van der Waals surface area (Å²) in [6, 6.07) is 13.2. The lowest BCUT2D eigenvalue weighted by Gasteiger charge is -2.34. The molecule has 2 aromatic carbocycles. The van der Waals surface area contributed by atoms with Crippen molar-refractivity contribution in [1.82, 2.24) is 10.2 Å². The van der Waals surface area contributed by atoms with Gasteiger partial charge >= 0.3 is 0 Å². The van der Waals surface area contributed by atoms with E-state index in [0.717, 1.165) is 16.1 Å². The van der Waals surface area contributed by atoms with Gasteiger partial charge in [-0.3, -0.25) is 13.9 Å². The van der Waals surface area contributed by atoms with Crippen LogP contribution >= 0.6 is 15.9 Å². The Balaban J connectivity index is 2.46. The fraction of sp³-hybridized carbons (Fsp3) is 0.440. The second kappa shape index (κ2) is 11.9. The first-order chi connectivity index (χ1) is 16.3. The fourth-order valence-corrected chi connectivity index (χ4v) is 5.03. The standard InChI is InChI=1S/C25H34BrN3O5S/c1-7-21(24(31)27-25(2,3)4)28(16-18-12-14-19(34-5)15-13-18)23(30)17-29(35(6,32)33)22-11-9-8-10-20(22)26/h8-15,21H,7,16-17H2,1-6H3,(H,27,31)/t21-/m1/s1. The van der Waals surface area contributed by atoms with Crippen LogP contribution in [0.25, 0.3) is 0 Å². The summed E-state index contributed by atoms with van der Waals surface area (Å²) in [5.41, 5.74) is 0.639. The summed E-state index contributed by atoms with van der Waals surface area (Å²) in [7, 11) is -2.23. The number of sulfonamides is 1. The van der Waals surface area contributed by atoms with Gasteiger partial charge in [0.1, 0.15) is 18.3 Å². The Morgan fingerprint density at radius 1 is 1.09 bits per heavy atom. The molecule has 192 valence electrons. The fourth-order valence-electron chi connectivity index (χ4n) is 3.55. The number of methoxy groups -OCH3 is 1. The molecule has 0 aliphatic carbocycles. The van der Waals surface area contributed by atoms with Crippen LogP contribution in [0.2, 0.25) is 0 Å². The van der Waals surface area contributed by atoms with E-state index in [9.17, 15) is 18.0 Å². The van der Waals surface area contributed by atoms with Gasteiger partial charge in [-0.05, 0) is 73.0 Å². The van der Waals surface area contributed by atoms with E-state index in [0.29, 0.717) is 22.3 Å². The summed E-state index contributed by atoms with van der Waals surface area (Å²) < 4.78 is 32.1. The first-order valence-corrected chi connectivity index (χ1v) is 13.9. The van der Waals surface area contributed by atoms with E-state index in [1.165, 1.54) is 4.90 Å². The van der Waals surface area contributed by atoms with Gasteiger partial charge in [-0.1, -0.05) is 31.2 Å². The number of ether oxygens (including phenoxy) is 1. The maximum atomic E-state index is 13.7. The van der Waals surface area contributed by atoms with Crippen LogP contribution in [-0.2, 0) is 26.2 Å². The Hall–Kier alpha value is -2.59. The molecule has 8 nitrogen and oxygen atoms in total.